The fourth-order valence-corrected chi connectivity index (χ4v) is 4.61. The molecule has 0 radical (unpaired) electrons. The predicted molar refractivity (Wildman–Crippen MR) is 134 cm³/mol. The Morgan fingerprint density at radius 3 is 2.71 bits per heavy atom. The second-order valence-corrected chi connectivity index (χ2v) is 9.14. The third kappa shape index (κ3) is 6.74. The van der Waals surface area contributed by atoms with Crippen molar-refractivity contribution in [2.75, 3.05) is 52.0 Å². The van der Waals surface area contributed by atoms with E-state index in [9.17, 15) is 9.59 Å². The van der Waals surface area contributed by atoms with Crippen molar-refractivity contribution in [2.24, 2.45) is 5.92 Å². The van der Waals surface area contributed by atoms with Gasteiger partial charge in [0, 0.05) is 57.1 Å². The van der Waals surface area contributed by atoms with Crippen LogP contribution in [0.1, 0.15) is 24.8 Å². The summed E-state index contributed by atoms with van der Waals surface area (Å²) in [6, 6.07) is 15.7. The second-order valence-electron chi connectivity index (χ2n) is 9.14. The molecule has 0 saturated carbocycles. The van der Waals surface area contributed by atoms with E-state index < -0.39 is 0 Å². The van der Waals surface area contributed by atoms with Gasteiger partial charge in [-0.1, -0.05) is 18.2 Å². The number of nitrogens with zero attached hydrogens (tertiary/aromatic N) is 2. The Kier molecular flexibility index (Phi) is 8.60. The molecule has 0 bridgehead atoms. The average Bonchev–Trinajstić information content (AvgIpc) is 3.29. The smallest absolute Gasteiger partial charge is 0.227 e. The van der Waals surface area contributed by atoms with Crippen LogP contribution in [0.3, 0.4) is 0 Å². The predicted octanol–water partition coefficient (Wildman–Crippen LogP) is 2.85. The van der Waals surface area contributed by atoms with Crippen LogP contribution in [0.2, 0.25) is 0 Å². The number of anilines is 1. The number of methoxy groups -OCH3 is 1. The highest BCUT2D eigenvalue weighted by Crippen LogP contribution is 2.28. The molecular weight excluding hydrogens is 446 g/mol. The lowest BCUT2D eigenvalue weighted by Gasteiger charge is -2.31. The molecule has 2 amide bonds. The number of ether oxygens (including phenoxy) is 3. The maximum atomic E-state index is 12.8. The molecule has 2 aromatic carbocycles. The number of likely N-dealkylation sites (N-methyl/N-ethyl adjacent to an activating group) is 1. The summed E-state index contributed by atoms with van der Waals surface area (Å²) in [5.41, 5.74) is 1.71. The van der Waals surface area contributed by atoms with Gasteiger partial charge < -0.3 is 24.4 Å². The SMILES string of the molecule is COc1cccc(N2CC(C(=O)NCc3cccc(OCCN(C)C4CCOCC4)c3)CC2=O)c1. The first-order valence-electron chi connectivity index (χ1n) is 12.3. The van der Waals surface area contributed by atoms with Crippen LogP contribution < -0.4 is 19.7 Å². The van der Waals surface area contributed by atoms with E-state index in [1.165, 1.54) is 0 Å². The van der Waals surface area contributed by atoms with Gasteiger partial charge in [0.05, 0.1) is 13.0 Å². The molecule has 8 heteroatoms. The van der Waals surface area contributed by atoms with E-state index in [-0.39, 0.29) is 24.2 Å². The van der Waals surface area contributed by atoms with Crippen molar-refractivity contribution in [2.45, 2.75) is 31.8 Å². The minimum absolute atomic E-state index is 0.0560. The number of hydrogen-bond donors (Lipinski definition) is 1. The number of nitrogens with one attached hydrogen (secondary N) is 1. The number of carbonyl (C=O) groups is 2. The van der Waals surface area contributed by atoms with Crippen LogP contribution in [0.25, 0.3) is 0 Å². The van der Waals surface area contributed by atoms with Crippen molar-refractivity contribution in [1.82, 2.24) is 10.2 Å². The molecule has 0 aliphatic carbocycles. The summed E-state index contributed by atoms with van der Waals surface area (Å²) in [4.78, 5) is 29.3. The lowest BCUT2D eigenvalue weighted by Crippen LogP contribution is -2.38. The number of benzene rings is 2. The highest BCUT2D eigenvalue weighted by Gasteiger charge is 2.35. The monoisotopic (exact) mass is 481 g/mol. The third-order valence-corrected chi connectivity index (χ3v) is 6.75. The summed E-state index contributed by atoms with van der Waals surface area (Å²) >= 11 is 0. The standard InChI is InChI=1S/C27H35N3O5/c1-29(22-9-12-34-13-10-22)11-14-35-25-8-3-5-20(15-25)18-28-27(32)21-16-26(31)30(19-21)23-6-4-7-24(17-23)33-2/h3-8,15,17,21-22H,9-14,16,18-19H2,1-2H3,(H,28,32). The zero-order chi connectivity index (χ0) is 24.6. The average molecular weight is 482 g/mol. The zero-order valence-corrected chi connectivity index (χ0v) is 20.6. The summed E-state index contributed by atoms with van der Waals surface area (Å²) < 4.78 is 16.7. The van der Waals surface area contributed by atoms with Crippen molar-refractivity contribution in [3.8, 4) is 11.5 Å². The van der Waals surface area contributed by atoms with E-state index in [2.05, 4.69) is 17.3 Å². The van der Waals surface area contributed by atoms with Gasteiger partial charge in [-0.3, -0.25) is 14.5 Å². The van der Waals surface area contributed by atoms with Gasteiger partial charge in [0.2, 0.25) is 11.8 Å². The highest BCUT2D eigenvalue weighted by atomic mass is 16.5. The maximum absolute atomic E-state index is 12.8. The van der Waals surface area contributed by atoms with Gasteiger partial charge in [-0.2, -0.15) is 0 Å². The summed E-state index contributed by atoms with van der Waals surface area (Å²) in [7, 11) is 3.72. The molecule has 1 N–H and O–H groups in total. The number of carbonyl (C=O) groups excluding carboxylic acids is 2. The summed E-state index contributed by atoms with van der Waals surface area (Å²) in [6.45, 7) is 3.87. The van der Waals surface area contributed by atoms with E-state index >= 15 is 0 Å². The maximum Gasteiger partial charge on any atom is 0.227 e. The number of rotatable bonds is 10. The molecule has 188 valence electrons. The van der Waals surface area contributed by atoms with Crippen molar-refractivity contribution in [3.05, 3.63) is 54.1 Å². The molecule has 2 aromatic rings. The Hall–Kier alpha value is -3.10. The van der Waals surface area contributed by atoms with Crippen molar-refractivity contribution in [1.29, 1.82) is 0 Å². The van der Waals surface area contributed by atoms with Gasteiger partial charge in [0.25, 0.3) is 0 Å². The van der Waals surface area contributed by atoms with Gasteiger partial charge in [-0.25, -0.2) is 0 Å². The van der Waals surface area contributed by atoms with Crippen LogP contribution in [-0.4, -0.2) is 69.8 Å². The minimum Gasteiger partial charge on any atom is -0.497 e. The third-order valence-electron chi connectivity index (χ3n) is 6.75. The van der Waals surface area contributed by atoms with E-state index in [0.29, 0.717) is 31.5 Å². The van der Waals surface area contributed by atoms with Crippen LogP contribution in [0.5, 0.6) is 11.5 Å². The first-order valence-corrected chi connectivity index (χ1v) is 12.3. The molecule has 2 fully saturated rings. The second kappa shape index (κ2) is 12.0. The van der Waals surface area contributed by atoms with Crippen LogP contribution in [0.15, 0.2) is 48.5 Å². The quantitative estimate of drug-likeness (QED) is 0.562. The van der Waals surface area contributed by atoms with Crippen LogP contribution in [0.4, 0.5) is 5.69 Å². The van der Waals surface area contributed by atoms with Crippen molar-refractivity contribution >= 4 is 17.5 Å². The van der Waals surface area contributed by atoms with E-state index in [4.69, 9.17) is 14.2 Å². The Balaban J connectivity index is 1.24. The van der Waals surface area contributed by atoms with Crippen LogP contribution in [-0.2, 0) is 20.9 Å². The fraction of sp³-hybridized carbons (Fsp3) is 0.481. The molecular formula is C27H35N3O5. The number of hydrogen-bond acceptors (Lipinski definition) is 6. The summed E-state index contributed by atoms with van der Waals surface area (Å²) in [5, 5.41) is 2.98. The molecule has 0 aromatic heterocycles. The van der Waals surface area contributed by atoms with E-state index in [1.807, 2.05) is 48.5 Å². The Labute approximate surface area is 207 Å². The summed E-state index contributed by atoms with van der Waals surface area (Å²) in [5.74, 6) is 0.916. The molecule has 35 heavy (non-hydrogen) atoms. The van der Waals surface area contributed by atoms with Crippen molar-refractivity contribution < 1.29 is 23.8 Å². The molecule has 2 aliphatic heterocycles. The molecule has 1 unspecified atom stereocenters. The zero-order valence-electron chi connectivity index (χ0n) is 20.6. The largest absolute Gasteiger partial charge is 0.497 e. The Bertz CT molecular complexity index is 1010. The van der Waals surface area contributed by atoms with Crippen LogP contribution in [0, 0.1) is 5.92 Å². The Morgan fingerprint density at radius 1 is 1.14 bits per heavy atom. The van der Waals surface area contributed by atoms with Crippen molar-refractivity contribution in [3.63, 3.8) is 0 Å². The first kappa shape index (κ1) is 25.0. The van der Waals surface area contributed by atoms with Gasteiger partial charge in [0.15, 0.2) is 0 Å². The topological polar surface area (TPSA) is 80.3 Å². The molecule has 2 aliphatic rings. The van der Waals surface area contributed by atoms with Gasteiger partial charge >= 0.3 is 0 Å². The molecule has 2 saturated heterocycles. The van der Waals surface area contributed by atoms with Crippen LogP contribution >= 0.6 is 0 Å². The molecule has 4 rings (SSSR count). The first-order chi connectivity index (χ1) is 17.0. The van der Waals surface area contributed by atoms with Gasteiger partial charge in [-0.05, 0) is 49.7 Å². The molecule has 2 heterocycles. The summed E-state index contributed by atoms with van der Waals surface area (Å²) in [6.07, 6.45) is 2.33. The van der Waals surface area contributed by atoms with E-state index in [1.54, 1.807) is 12.0 Å². The molecule has 8 nitrogen and oxygen atoms in total. The Morgan fingerprint density at radius 2 is 1.91 bits per heavy atom. The lowest BCUT2D eigenvalue weighted by molar-refractivity contribution is -0.126. The van der Waals surface area contributed by atoms with Gasteiger partial charge in [-0.15, -0.1) is 0 Å². The molecule has 0 spiro atoms. The molecule has 1 atom stereocenters. The van der Waals surface area contributed by atoms with Gasteiger partial charge in [0.1, 0.15) is 18.1 Å². The van der Waals surface area contributed by atoms with E-state index in [0.717, 1.165) is 49.6 Å². The normalized spacial score (nSPS) is 18.7. The lowest BCUT2D eigenvalue weighted by atomic mass is 10.1. The number of amides is 2. The highest BCUT2D eigenvalue weighted by molar-refractivity contribution is 6.00. The minimum atomic E-state index is -0.381. The fourth-order valence-electron chi connectivity index (χ4n) is 4.61.